The lowest BCUT2D eigenvalue weighted by Gasteiger charge is -2.05. The van der Waals surface area contributed by atoms with Crippen LogP contribution in [0.4, 0.5) is 0 Å². The smallest absolute Gasteiger partial charge is 0.123 e. The summed E-state index contributed by atoms with van der Waals surface area (Å²) in [4.78, 5) is 0. The highest BCUT2D eigenvalue weighted by Gasteiger charge is 1.99. The Kier molecular flexibility index (Phi) is 9.07. The lowest BCUT2D eigenvalue weighted by molar-refractivity contribution is 0.306. The summed E-state index contributed by atoms with van der Waals surface area (Å²) in [5.74, 6) is 2.19. The minimum Gasteiger partial charge on any atom is -0.504 e. The predicted molar refractivity (Wildman–Crippen MR) is 124 cm³/mol. The first-order valence-electron chi connectivity index (χ1n) is 9.42. The van der Waals surface area contributed by atoms with Crippen LogP contribution in [0.5, 0.6) is 11.5 Å². The van der Waals surface area contributed by atoms with Crippen molar-refractivity contribution in [3.05, 3.63) is 102 Å². The first-order valence-corrected chi connectivity index (χ1v) is 9.42. The molecule has 0 spiro atoms. The van der Waals surface area contributed by atoms with Gasteiger partial charge in [0.25, 0.3) is 0 Å². The molecule has 0 N–H and O–H groups in total. The van der Waals surface area contributed by atoms with Crippen molar-refractivity contribution in [2.75, 3.05) is 28.4 Å². The minimum atomic E-state index is 0.664. The van der Waals surface area contributed by atoms with Gasteiger partial charge in [0, 0.05) is 11.6 Å². The van der Waals surface area contributed by atoms with E-state index in [1.54, 1.807) is 40.8 Å². The Morgan fingerprint density at radius 3 is 1.83 bits per heavy atom. The molecule has 2 aromatic rings. The van der Waals surface area contributed by atoms with E-state index in [9.17, 15) is 0 Å². The summed E-state index contributed by atoms with van der Waals surface area (Å²) in [5.41, 5.74) is 4.04. The van der Waals surface area contributed by atoms with Crippen molar-refractivity contribution in [2.24, 2.45) is 0 Å². The van der Waals surface area contributed by atoms with E-state index < -0.39 is 0 Å². The van der Waals surface area contributed by atoms with Crippen molar-refractivity contribution < 1.29 is 18.9 Å². The van der Waals surface area contributed by atoms with Crippen LogP contribution in [0.15, 0.2) is 84.9 Å². The third-order valence-corrected chi connectivity index (χ3v) is 4.25. The van der Waals surface area contributed by atoms with E-state index in [0.29, 0.717) is 5.76 Å². The molecule has 0 aliphatic carbocycles. The fourth-order valence-corrected chi connectivity index (χ4v) is 2.65. The minimum absolute atomic E-state index is 0.664. The lowest BCUT2D eigenvalue weighted by atomic mass is 10.1. The Morgan fingerprint density at radius 1 is 0.767 bits per heavy atom. The number of rotatable bonds is 10. The molecule has 0 aliphatic heterocycles. The molecule has 0 aromatic heterocycles. The van der Waals surface area contributed by atoms with Crippen LogP contribution >= 0.6 is 0 Å². The predicted octanol–water partition coefficient (Wildman–Crippen LogP) is 6.13. The topological polar surface area (TPSA) is 36.9 Å². The van der Waals surface area contributed by atoms with Crippen molar-refractivity contribution in [1.82, 2.24) is 0 Å². The van der Waals surface area contributed by atoms with Gasteiger partial charge in [-0.2, -0.15) is 0 Å². The molecule has 0 amide bonds. The Labute approximate surface area is 179 Å². The number of methoxy groups -OCH3 is 4. The highest BCUT2D eigenvalue weighted by Crippen LogP contribution is 2.24. The molecule has 0 saturated carbocycles. The number of allylic oxidation sites excluding steroid dienone is 4. The summed E-state index contributed by atoms with van der Waals surface area (Å²) >= 11 is 0. The molecule has 0 fully saturated rings. The quantitative estimate of drug-likeness (QED) is 0.271. The standard InChI is InChI=1S/C26H28O4/c1-6-24(28-3)17-23(19-27-2)14-12-21-9-7-20(8-10-21)11-13-22-15-25(29-4)18-26(16-22)30-5/h6-19H,1H2,2-5H3/b13-11+,14-12+,23-19-,24-17+. The Morgan fingerprint density at radius 2 is 1.33 bits per heavy atom. The third-order valence-electron chi connectivity index (χ3n) is 4.25. The van der Waals surface area contributed by atoms with E-state index in [-0.39, 0.29) is 0 Å². The Balaban J connectivity index is 2.13. The number of benzene rings is 2. The van der Waals surface area contributed by atoms with Crippen LogP contribution in [0.1, 0.15) is 16.7 Å². The second-order valence-electron chi connectivity index (χ2n) is 6.29. The second kappa shape index (κ2) is 12.0. The summed E-state index contributed by atoms with van der Waals surface area (Å²) in [6.45, 7) is 3.73. The fraction of sp³-hybridized carbons (Fsp3) is 0.154. The van der Waals surface area contributed by atoms with Crippen molar-refractivity contribution in [2.45, 2.75) is 0 Å². The first kappa shape index (κ1) is 22.6. The van der Waals surface area contributed by atoms with Gasteiger partial charge < -0.3 is 18.9 Å². The van der Waals surface area contributed by atoms with Gasteiger partial charge in [0.1, 0.15) is 17.3 Å². The zero-order valence-electron chi connectivity index (χ0n) is 17.9. The molecule has 0 saturated heterocycles. The van der Waals surface area contributed by atoms with Gasteiger partial charge in [0.15, 0.2) is 0 Å². The van der Waals surface area contributed by atoms with Crippen LogP contribution in [-0.2, 0) is 9.47 Å². The number of ether oxygens (including phenoxy) is 4. The monoisotopic (exact) mass is 404 g/mol. The van der Waals surface area contributed by atoms with Crippen molar-refractivity contribution in [1.29, 1.82) is 0 Å². The summed E-state index contributed by atoms with van der Waals surface area (Å²) < 4.78 is 21.0. The van der Waals surface area contributed by atoms with Crippen LogP contribution in [0, 0.1) is 0 Å². The summed E-state index contributed by atoms with van der Waals surface area (Å²) in [5, 5.41) is 0. The SMILES string of the molecule is C=C\C(=C/C(=C\OC)/C=C/c1ccc(/C=C/c2cc(OC)cc(OC)c2)cc1)OC. The van der Waals surface area contributed by atoms with Crippen LogP contribution < -0.4 is 9.47 Å². The van der Waals surface area contributed by atoms with E-state index in [2.05, 4.69) is 36.9 Å². The molecular weight excluding hydrogens is 376 g/mol. The normalized spacial score (nSPS) is 12.3. The van der Waals surface area contributed by atoms with E-state index >= 15 is 0 Å². The zero-order valence-corrected chi connectivity index (χ0v) is 17.9. The van der Waals surface area contributed by atoms with Crippen LogP contribution in [0.25, 0.3) is 18.2 Å². The molecule has 4 heteroatoms. The molecule has 4 nitrogen and oxygen atoms in total. The summed E-state index contributed by atoms with van der Waals surface area (Å²) in [6.07, 6.45) is 13.2. The van der Waals surface area contributed by atoms with Crippen molar-refractivity contribution in [3.63, 3.8) is 0 Å². The molecule has 0 aliphatic rings. The van der Waals surface area contributed by atoms with Gasteiger partial charge in [0.05, 0.1) is 34.7 Å². The number of hydrogen-bond donors (Lipinski definition) is 0. The highest BCUT2D eigenvalue weighted by molar-refractivity contribution is 5.71. The van der Waals surface area contributed by atoms with Gasteiger partial charge in [-0.25, -0.2) is 0 Å². The van der Waals surface area contributed by atoms with E-state index in [4.69, 9.17) is 18.9 Å². The molecule has 0 atom stereocenters. The van der Waals surface area contributed by atoms with Gasteiger partial charge in [-0.05, 0) is 41.0 Å². The molecule has 0 bridgehead atoms. The second-order valence-corrected chi connectivity index (χ2v) is 6.29. The molecule has 2 rings (SSSR count). The Hall–Kier alpha value is -3.66. The van der Waals surface area contributed by atoms with E-state index in [1.165, 1.54) is 0 Å². The maximum atomic E-state index is 5.31. The van der Waals surface area contributed by atoms with Crippen LogP contribution in [-0.4, -0.2) is 28.4 Å². The molecule has 0 unspecified atom stereocenters. The van der Waals surface area contributed by atoms with E-state index in [1.807, 2.05) is 42.5 Å². The molecule has 0 heterocycles. The average Bonchev–Trinajstić information content (AvgIpc) is 2.79. The number of hydrogen-bond acceptors (Lipinski definition) is 4. The summed E-state index contributed by atoms with van der Waals surface area (Å²) in [6, 6.07) is 14.0. The van der Waals surface area contributed by atoms with Crippen molar-refractivity contribution in [3.8, 4) is 11.5 Å². The van der Waals surface area contributed by atoms with Crippen LogP contribution in [0.3, 0.4) is 0 Å². The fourth-order valence-electron chi connectivity index (χ4n) is 2.65. The Bertz CT molecular complexity index is 925. The van der Waals surface area contributed by atoms with Gasteiger partial charge in [-0.1, -0.05) is 55.1 Å². The summed E-state index contributed by atoms with van der Waals surface area (Å²) in [7, 11) is 6.51. The van der Waals surface area contributed by atoms with Gasteiger partial charge >= 0.3 is 0 Å². The maximum Gasteiger partial charge on any atom is 0.123 e. The molecule has 30 heavy (non-hydrogen) atoms. The molecular formula is C26H28O4. The molecule has 2 aromatic carbocycles. The zero-order chi connectivity index (χ0) is 21.8. The third kappa shape index (κ3) is 7.06. The van der Waals surface area contributed by atoms with Crippen molar-refractivity contribution >= 4 is 18.2 Å². The average molecular weight is 405 g/mol. The maximum absolute atomic E-state index is 5.31. The highest BCUT2D eigenvalue weighted by atomic mass is 16.5. The molecule has 0 radical (unpaired) electrons. The lowest BCUT2D eigenvalue weighted by Crippen LogP contribution is -1.88. The molecule has 156 valence electrons. The van der Waals surface area contributed by atoms with Crippen LogP contribution in [0.2, 0.25) is 0 Å². The van der Waals surface area contributed by atoms with Gasteiger partial charge in [-0.3, -0.25) is 0 Å². The largest absolute Gasteiger partial charge is 0.504 e. The van der Waals surface area contributed by atoms with Gasteiger partial charge in [-0.15, -0.1) is 0 Å². The van der Waals surface area contributed by atoms with Gasteiger partial charge in [0.2, 0.25) is 0 Å². The first-order chi connectivity index (χ1) is 14.6. The van der Waals surface area contributed by atoms with E-state index in [0.717, 1.165) is 33.8 Å².